The van der Waals surface area contributed by atoms with E-state index in [1.807, 2.05) is 36.4 Å². The molecule has 24 heavy (non-hydrogen) atoms. The number of methoxy groups -OCH3 is 1. The van der Waals surface area contributed by atoms with Crippen molar-refractivity contribution >= 4 is 22.4 Å². The third-order valence-electron chi connectivity index (χ3n) is 4.81. The summed E-state index contributed by atoms with van der Waals surface area (Å²) in [7, 11) is 1.63. The molecule has 128 valence electrons. The van der Waals surface area contributed by atoms with Crippen molar-refractivity contribution in [1.29, 1.82) is 0 Å². The number of nitrogens with one attached hydrogen (secondary N) is 1. The van der Waals surface area contributed by atoms with Gasteiger partial charge in [0.25, 0.3) is 5.91 Å². The molecule has 1 fully saturated rings. The Bertz CT molecular complexity index is 720. The van der Waals surface area contributed by atoms with Crippen molar-refractivity contribution in [1.82, 2.24) is 0 Å². The molecule has 4 heteroatoms. The number of fused-ring (bicyclic) bond motifs is 1. The standard InChI is InChI=1S/C20H25NO3/c1-3-14-24-18-11-10-17(15-8-4-5-9-16(15)18)21-19(22)20(23-2)12-6-7-13-20/h4-5,8-11H,3,6-7,12-14H2,1-2H3,(H,21,22). The zero-order chi connectivity index (χ0) is 17.0. The second-order valence-electron chi connectivity index (χ2n) is 6.36. The SMILES string of the molecule is CCCOc1ccc(NC(=O)C2(OC)CCCC2)c2ccccc12. The number of carbonyl (C=O) groups excluding carboxylic acids is 1. The van der Waals surface area contributed by atoms with Crippen LogP contribution in [0.4, 0.5) is 5.69 Å². The summed E-state index contributed by atoms with van der Waals surface area (Å²) in [6.07, 6.45) is 4.59. The van der Waals surface area contributed by atoms with E-state index in [-0.39, 0.29) is 5.91 Å². The summed E-state index contributed by atoms with van der Waals surface area (Å²) in [4.78, 5) is 12.8. The summed E-state index contributed by atoms with van der Waals surface area (Å²) >= 11 is 0. The Hall–Kier alpha value is -2.07. The first-order valence-electron chi connectivity index (χ1n) is 8.71. The van der Waals surface area contributed by atoms with Crippen LogP contribution in [0.2, 0.25) is 0 Å². The van der Waals surface area contributed by atoms with E-state index < -0.39 is 5.60 Å². The molecule has 4 nitrogen and oxygen atoms in total. The van der Waals surface area contributed by atoms with Crippen LogP contribution in [0.5, 0.6) is 5.75 Å². The molecule has 0 saturated heterocycles. The summed E-state index contributed by atoms with van der Waals surface area (Å²) in [5.41, 5.74) is 0.126. The molecule has 0 aliphatic heterocycles. The summed E-state index contributed by atoms with van der Waals surface area (Å²) in [5, 5.41) is 5.09. The molecule has 3 rings (SSSR count). The van der Waals surface area contributed by atoms with Gasteiger partial charge in [-0.3, -0.25) is 4.79 Å². The molecular formula is C20H25NO3. The minimum atomic E-state index is -0.682. The molecule has 0 bridgehead atoms. The number of hydrogen-bond donors (Lipinski definition) is 1. The van der Waals surface area contributed by atoms with Crippen LogP contribution in [0.3, 0.4) is 0 Å². The Labute approximate surface area is 143 Å². The number of carbonyl (C=O) groups is 1. The molecule has 1 amide bonds. The largest absolute Gasteiger partial charge is 0.493 e. The van der Waals surface area contributed by atoms with Gasteiger partial charge in [0.2, 0.25) is 0 Å². The lowest BCUT2D eigenvalue weighted by molar-refractivity contribution is -0.136. The number of benzene rings is 2. The number of anilines is 1. The van der Waals surface area contributed by atoms with Crippen LogP contribution < -0.4 is 10.1 Å². The average molecular weight is 327 g/mol. The number of ether oxygens (including phenoxy) is 2. The molecule has 1 aliphatic rings. The topological polar surface area (TPSA) is 47.6 Å². The van der Waals surface area contributed by atoms with Crippen LogP contribution in [0.15, 0.2) is 36.4 Å². The molecule has 2 aromatic rings. The maximum absolute atomic E-state index is 12.8. The fourth-order valence-corrected chi connectivity index (χ4v) is 3.42. The van der Waals surface area contributed by atoms with Crippen LogP contribution in [0.25, 0.3) is 10.8 Å². The fourth-order valence-electron chi connectivity index (χ4n) is 3.42. The molecule has 1 aliphatic carbocycles. The van der Waals surface area contributed by atoms with E-state index in [0.29, 0.717) is 6.61 Å². The summed E-state index contributed by atoms with van der Waals surface area (Å²) in [5.74, 6) is 0.808. The van der Waals surface area contributed by atoms with Gasteiger partial charge in [-0.15, -0.1) is 0 Å². The van der Waals surface area contributed by atoms with Gasteiger partial charge in [0, 0.05) is 23.6 Å². The van der Waals surface area contributed by atoms with Crippen molar-refractivity contribution in [2.45, 2.75) is 44.6 Å². The highest BCUT2D eigenvalue weighted by Crippen LogP contribution is 2.36. The first-order chi connectivity index (χ1) is 11.7. The van der Waals surface area contributed by atoms with E-state index in [0.717, 1.165) is 54.3 Å². The van der Waals surface area contributed by atoms with Gasteiger partial charge in [-0.05, 0) is 44.2 Å². The lowest BCUT2D eigenvalue weighted by Gasteiger charge is -2.26. The van der Waals surface area contributed by atoms with Gasteiger partial charge in [-0.1, -0.05) is 31.2 Å². The van der Waals surface area contributed by atoms with E-state index in [4.69, 9.17) is 9.47 Å². The van der Waals surface area contributed by atoms with E-state index >= 15 is 0 Å². The molecule has 0 unspecified atom stereocenters. The van der Waals surface area contributed by atoms with Crippen molar-refractivity contribution < 1.29 is 14.3 Å². The van der Waals surface area contributed by atoms with Crippen LogP contribution in [-0.4, -0.2) is 25.2 Å². The van der Waals surface area contributed by atoms with Crippen LogP contribution in [0.1, 0.15) is 39.0 Å². The molecule has 0 spiro atoms. The third kappa shape index (κ3) is 3.11. The second kappa shape index (κ2) is 7.22. The van der Waals surface area contributed by atoms with Crippen LogP contribution in [-0.2, 0) is 9.53 Å². The smallest absolute Gasteiger partial charge is 0.256 e. The van der Waals surface area contributed by atoms with Gasteiger partial charge in [-0.2, -0.15) is 0 Å². The fraction of sp³-hybridized carbons (Fsp3) is 0.450. The summed E-state index contributed by atoms with van der Waals surface area (Å²) in [6, 6.07) is 11.9. The minimum Gasteiger partial charge on any atom is -0.493 e. The Kier molecular flexibility index (Phi) is 5.05. The first-order valence-corrected chi connectivity index (χ1v) is 8.71. The second-order valence-corrected chi connectivity index (χ2v) is 6.36. The summed E-state index contributed by atoms with van der Waals surface area (Å²) in [6.45, 7) is 2.77. The lowest BCUT2D eigenvalue weighted by Crippen LogP contribution is -2.42. The van der Waals surface area contributed by atoms with Gasteiger partial charge in [-0.25, -0.2) is 0 Å². The van der Waals surface area contributed by atoms with Crippen molar-refractivity contribution in [3.05, 3.63) is 36.4 Å². The van der Waals surface area contributed by atoms with Crippen molar-refractivity contribution in [2.24, 2.45) is 0 Å². The predicted octanol–water partition coefficient (Wildman–Crippen LogP) is 4.53. The van der Waals surface area contributed by atoms with Crippen molar-refractivity contribution in [3.63, 3.8) is 0 Å². The maximum Gasteiger partial charge on any atom is 0.256 e. The first kappa shape index (κ1) is 16.8. The highest BCUT2D eigenvalue weighted by molar-refractivity contribution is 6.06. The van der Waals surface area contributed by atoms with Gasteiger partial charge in [0.05, 0.1) is 6.61 Å². The quantitative estimate of drug-likeness (QED) is 0.848. The third-order valence-corrected chi connectivity index (χ3v) is 4.81. The van der Waals surface area contributed by atoms with Gasteiger partial charge >= 0.3 is 0 Å². The highest BCUT2D eigenvalue weighted by Gasteiger charge is 2.41. The van der Waals surface area contributed by atoms with E-state index in [1.165, 1.54) is 0 Å². The molecular weight excluding hydrogens is 302 g/mol. The van der Waals surface area contributed by atoms with Gasteiger partial charge < -0.3 is 14.8 Å². The van der Waals surface area contributed by atoms with E-state index in [1.54, 1.807) is 7.11 Å². The Morgan fingerprint density at radius 2 is 1.83 bits per heavy atom. The van der Waals surface area contributed by atoms with Gasteiger partial charge in [0.1, 0.15) is 11.4 Å². The number of hydrogen-bond acceptors (Lipinski definition) is 3. The van der Waals surface area contributed by atoms with Gasteiger partial charge in [0.15, 0.2) is 0 Å². The number of rotatable bonds is 6. The maximum atomic E-state index is 12.8. The minimum absolute atomic E-state index is 0.0464. The van der Waals surface area contributed by atoms with E-state index in [2.05, 4.69) is 12.2 Å². The normalized spacial score (nSPS) is 16.2. The molecule has 0 atom stereocenters. The highest BCUT2D eigenvalue weighted by atomic mass is 16.5. The monoisotopic (exact) mass is 327 g/mol. The Morgan fingerprint density at radius 3 is 2.50 bits per heavy atom. The zero-order valence-corrected chi connectivity index (χ0v) is 14.4. The molecule has 1 N–H and O–H groups in total. The number of amides is 1. The van der Waals surface area contributed by atoms with Crippen molar-refractivity contribution in [2.75, 3.05) is 19.0 Å². The molecule has 0 aromatic heterocycles. The lowest BCUT2D eigenvalue weighted by atomic mass is 10.00. The summed E-state index contributed by atoms with van der Waals surface area (Å²) < 4.78 is 11.4. The molecule has 2 aromatic carbocycles. The van der Waals surface area contributed by atoms with Crippen LogP contribution >= 0.6 is 0 Å². The van der Waals surface area contributed by atoms with Crippen LogP contribution in [0, 0.1) is 0 Å². The Morgan fingerprint density at radius 1 is 1.12 bits per heavy atom. The Balaban J connectivity index is 1.91. The van der Waals surface area contributed by atoms with Crippen molar-refractivity contribution in [3.8, 4) is 5.75 Å². The molecule has 0 heterocycles. The average Bonchev–Trinajstić information content (AvgIpc) is 3.11. The van der Waals surface area contributed by atoms with E-state index in [9.17, 15) is 4.79 Å². The molecule has 0 radical (unpaired) electrons. The molecule has 1 saturated carbocycles. The zero-order valence-electron chi connectivity index (χ0n) is 14.4. The predicted molar refractivity (Wildman–Crippen MR) is 96.6 cm³/mol.